The van der Waals surface area contributed by atoms with Crippen molar-refractivity contribution in [2.24, 2.45) is 11.8 Å². The Morgan fingerprint density at radius 3 is 0.673 bits per heavy atom. The van der Waals surface area contributed by atoms with E-state index in [4.69, 9.17) is 37.0 Å². The molecule has 0 fully saturated rings. The third kappa shape index (κ3) is 76.1. The van der Waals surface area contributed by atoms with Crippen molar-refractivity contribution in [3.63, 3.8) is 0 Å². The highest BCUT2D eigenvalue weighted by Gasteiger charge is 2.30. The summed E-state index contributed by atoms with van der Waals surface area (Å²) in [5.41, 5.74) is 0. The quantitative estimate of drug-likeness (QED) is 0.0222. The minimum atomic E-state index is -4.96. The highest BCUT2D eigenvalue weighted by atomic mass is 31.2. The van der Waals surface area contributed by atoms with Crippen LogP contribution in [0.1, 0.15) is 433 Å². The van der Waals surface area contributed by atoms with Crippen LogP contribution < -0.4 is 0 Å². The van der Waals surface area contributed by atoms with Crippen molar-refractivity contribution in [2.75, 3.05) is 39.6 Å². The van der Waals surface area contributed by atoms with Gasteiger partial charge in [-0.05, 0) is 37.5 Å². The van der Waals surface area contributed by atoms with Gasteiger partial charge in [-0.1, -0.05) is 382 Å². The molecule has 0 aromatic rings. The van der Waals surface area contributed by atoms with Crippen LogP contribution in [0.4, 0.5) is 0 Å². The number of carbonyl (C=O) groups is 4. The molecule has 19 heteroatoms. The number of esters is 4. The van der Waals surface area contributed by atoms with Crippen molar-refractivity contribution in [3.05, 3.63) is 0 Å². The van der Waals surface area contributed by atoms with Gasteiger partial charge < -0.3 is 33.8 Å². The summed E-state index contributed by atoms with van der Waals surface area (Å²) in [5.74, 6) is -0.602. The molecule has 0 radical (unpaired) electrons. The number of aliphatic hydroxyl groups excluding tert-OH is 1. The van der Waals surface area contributed by atoms with Crippen LogP contribution in [0.25, 0.3) is 0 Å². The molecule has 0 aliphatic carbocycles. The van der Waals surface area contributed by atoms with E-state index in [0.717, 1.165) is 102 Å². The smallest absolute Gasteiger partial charge is 0.462 e. The maximum atomic E-state index is 13.1. The lowest BCUT2D eigenvalue weighted by molar-refractivity contribution is -0.161. The van der Waals surface area contributed by atoms with E-state index in [1.54, 1.807) is 0 Å². The highest BCUT2D eigenvalue weighted by Crippen LogP contribution is 2.45. The molecule has 0 spiro atoms. The second kappa shape index (κ2) is 73.6. The summed E-state index contributed by atoms with van der Waals surface area (Å²) in [6.45, 7) is 9.62. The van der Waals surface area contributed by atoms with Gasteiger partial charge in [-0.2, -0.15) is 0 Å². The number of carbonyl (C=O) groups excluding carboxylic acids is 4. The van der Waals surface area contributed by atoms with E-state index in [1.807, 2.05) is 0 Å². The fourth-order valence-corrected chi connectivity index (χ4v) is 14.3. The number of phosphoric acid groups is 2. The fraction of sp³-hybridized carbons (Fsp3) is 0.951. The molecule has 0 aliphatic heterocycles. The predicted molar refractivity (Wildman–Crippen MR) is 414 cm³/mol. The maximum absolute atomic E-state index is 13.1. The monoisotopic (exact) mass is 1480 g/mol. The standard InChI is InChI=1S/C82H160O17P2/c1-7-9-11-13-15-17-19-21-23-25-26-28-34-38-42-48-55-61-66-81(86)98-77(70-92-79(84)64-58-52-46-40-36-32-30-29-31-35-39-44-50-56-62-74(3)4)72-96-100(88,89)94-68-76(83)69-95-101(90,91)97-73-78(71-93-80(85)65-59-53-49-43-45-51-57-63-75(5)6)99-82(87)67-60-54-47-41-37-33-27-24-22-20-18-16-14-12-10-8-2/h74-78,83H,7-73H2,1-6H3,(H,88,89)(H,90,91)/t76-,77-,78-/m1/s1. The zero-order valence-corrected chi connectivity index (χ0v) is 68.0. The number of hydrogen-bond acceptors (Lipinski definition) is 15. The first-order valence-electron chi connectivity index (χ1n) is 42.5. The second-order valence-corrected chi connectivity index (χ2v) is 33.4. The molecule has 101 heavy (non-hydrogen) atoms. The third-order valence-electron chi connectivity index (χ3n) is 19.2. The summed E-state index contributed by atoms with van der Waals surface area (Å²) in [5, 5.41) is 10.6. The molecule has 5 atom stereocenters. The van der Waals surface area contributed by atoms with Crippen molar-refractivity contribution in [1.82, 2.24) is 0 Å². The van der Waals surface area contributed by atoms with Crippen molar-refractivity contribution in [1.29, 1.82) is 0 Å². The molecule has 2 unspecified atom stereocenters. The van der Waals surface area contributed by atoms with Gasteiger partial charge in [0.2, 0.25) is 0 Å². The van der Waals surface area contributed by atoms with Gasteiger partial charge in [-0.25, -0.2) is 9.13 Å². The number of ether oxygens (including phenoxy) is 4. The largest absolute Gasteiger partial charge is 0.472 e. The summed E-state index contributed by atoms with van der Waals surface area (Å²) in [7, 11) is -9.92. The molecule has 600 valence electrons. The Hall–Kier alpha value is -1.94. The summed E-state index contributed by atoms with van der Waals surface area (Å²) in [6.07, 6.45) is 63.9. The summed E-state index contributed by atoms with van der Waals surface area (Å²) in [4.78, 5) is 73.1. The van der Waals surface area contributed by atoms with Crippen LogP contribution >= 0.6 is 15.6 Å². The number of hydrogen-bond donors (Lipinski definition) is 3. The summed E-state index contributed by atoms with van der Waals surface area (Å²) < 4.78 is 68.8. The van der Waals surface area contributed by atoms with E-state index >= 15 is 0 Å². The van der Waals surface area contributed by atoms with E-state index in [0.29, 0.717) is 31.6 Å². The Bertz CT molecular complexity index is 1940. The first kappa shape index (κ1) is 99.1. The summed E-state index contributed by atoms with van der Waals surface area (Å²) >= 11 is 0. The number of aliphatic hydroxyl groups is 1. The van der Waals surface area contributed by atoms with Gasteiger partial charge in [-0.15, -0.1) is 0 Å². The van der Waals surface area contributed by atoms with E-state index < -0.39 is 97.5 Å². The van der Waals surface area contributed by atoms with Crippen molar-refractivity contribution < 1.29 is 80.2 Å². The fourth-order valence-electron chi connectivity index (χ4n) is 12.7. The molecule has 0 bridgehead atoms. The van der Waals surface area contributed by atoms with Crippen molar-refractivity contribution in [2.45, 2.75) is 452 Å². The van der Waals surface area contributed by atoms with E-state index in [-0.39, 0.29) is 25.7 Å². The van der Waals surface area contributed by atoms with Crippen LogP contribution in [-0.4, -0.2) is 96.7 Å². The van der Waals surface area contributed by atoms with Gasteiger partial charge >= 0.3 is 39.5 Å². The average molecular weight is 1480 g/mol. The normalized spacial score (nSPS) is 13.9. The van der Waals surface area contributed by atoms with Crippen LogP contribution in [-0.2, 0) is 65.4 Å². The lowest BCUT2D eigenvalue weighted by Gasteiger charge is -2.21. The highest BCUT2D eigenvalue weighted by molar-refractivity contribution is 7.47. The first-order valence-corrected chi connectivity index (χ1v) is 45.5. The molecule has 0 aliphatic rings. The van der Waals surface area contributed by atoms with Crippen molar-refractivity contribution >= 4 is 39.5 Å². The van der Waals surface area contributed by atoms with Gasteiger partial charge in [0.05, 0.1) is 26.4 Å². The Morgan fingerprint density at radius 1 is 0.267 bits per heavy atom. The minimum Gasteiger partial charge on any atom is -0.462 e. The molecular weight excluding hydrogens is 1320 g/mol. The number of rotatable bonds is 81. The molecule has 0 aromatic heterocycles. The second-order valence-electron chi connectivity index (χ2n) is 30.5. The molecular formula is C82H160O17P2. The SMILES string of the molecule is CCCCCCCCCCCCCCCCCCCCC(=O)O[C@H](COC(=O)CCCCCCCCCCCCCCCCC(C)C)COP(=O)(O)OC[C@@H](O)COP(=O)(O)OC[C@@H](COC(=O)CCCCCCCCCC(C)C)OC(=O)CCCCCCCCCCCCCCCCCC. The third-order valence-corrected chi connectivity index (χ3v) is 21.1. The molecule has 0 saturated carbocycles. The topological polar surface area (TPSA) is 237 Å². The van der Waals surface area contributed by atoms with Crippen LogP contribution in [0, 0.1) is 11.8 Å². The minimum absolute atomic E-state index is 0.108. The molecule has 0 heterocycles. The zero-order chi connectivity index (χ0) is 74.2. The predicted octanol–water partition coefficient (Wildman–Crippen LogP) is 24.7. The molecule has 3 N–H and O–H groups in total. The van der Waals surface area contributed by atoms with Gasteiger partial charge in [0.1, 0.15) is 19.3 Å². The zero-order valence-electron chi connectivity index (χ0n) is 66.2. The van der Waals surface area contributed by atoms with Crippen LogP contribution in [0.3, 0.4) is 0 Å². The van der Waals surface area contributed by atoms with E-state index in [1.165, 1.54) is 244 Å². The van der Waals surface area contributed by atoms with Crippen molar-refractivity contribution in [3.8, 4) is 0 Å². The van der Waals surface area contributed by atoms with Crippen LogP contribution in [0.15, 0.2) is 0 Å². The maximum Gasteiger partial charge on any atom is 0.472 e. The Balaban J connectivity index is 5.24. The molecule has 0 aromatic carbocycles. The van der Waals surface area contributed by atoms with E-state index in [9.17, 15) is 43.2 Å². The Kier molecular flexibility index (Phi) is 72.2. The van der Waals surface area contributed by atoms with Crippen LogP contribution in [0.2, 0.25) is 0 Å². The average Bonchev–Trinajstić information content (AvgIpc) is 0.938. The lowest BCUT2D eigenvalue weighted by atomic mass is 10.0. The van der Waals surface area contributed by atoms with Gasteiger partial charge in [0.25, 0.3) is 0 Å². The van der Waals surface area contributed by atoms with Gasteiger partial charge in [0.15, 0.2) is 12.2 Å². The molecule has 0 amide bonds. The first-order chi connectivity index (χ1) is 48.9. The number of unbranched alkanes of at least 4 members (excludes halogenated alkanes) is 51. The van der Waals surface area contributed by atoms with E-state index in [2.05, 4.69) is 41.5 Å². The Morgan fingerprint density at radius 2 is 0.455 bits per heavy atom. The molecule has 17 nitrogen and oxygen atoms in total. The van der Waals surface area contributed by atoms with Crippen LogP contribution in [0.5, 0.6) is 0 Å². The number of phosphoric ester groups is 2. The lowest BCUT2D eigenvalue weighted by Crippen LogP contribution is -2.30. The molecule has 0 rings (SSSR count). The summed E-state index contributed by atoms with van der Waals surface area (Å²) in [6, 6.07) is 0. The molecule has 0 saturated heterocycles. The van der Waals surface area contributed by atoms with Gasteiger partial charge in [-0.3, -0.25) is 37.3 Å². The Labute approximate surface area is 619 Å². The van der Waals surface area contributed by atoms with Gasteiger partial charge in [0, 0.05) is 25.7 Å².